The Bertz CT molecular complexity index is 1090. The van der Waals surface area contributed by atoms with Gasteiger partial charge in [-0.05, 0) is 95.5 Å². The van der Waals surface area contributed by atoms with Crippen LogP contribution in [0.4, 0.5) is 0 Å². The van der Waals surface area contributed by atoms with Gasteiger partial charge in [0.1, 0.15) is 18.3 Å². The molecule has 0 fully saturated rings. The molecule has 67 heavy (non-hydrogen) atoms. The van der Waals surface area contributed by atoms with Crippen LogP contribution in [0, 0.1) is 0 Å². The molecule has 0 amide bonds. The van der Waals surface area contributed by atoms with Gasteiger partial charge in [-0.15, -0.1) is 0 Å². The maximum atomic E-state index is 12.8. The van der Waals surface area contributed by atoms with Gasteiger partial charge in [-0.1, -0.05) is 213 Å². The van der Waals surface area contributed by atoms with Crippen molar-refractivity contribution in [1.82, 2.24) is 0 Å². The Morgan fingerprint density at radius 2 is 0.791 bits per heavy atom. The summed E-state index contributed by atoms with van der Waals surface area (Å²) in [5.74, 6) is 0.0121. The summed E-state index contributed by atoms with van der Waals surface area (Å²) < 4.78 is 30.7. The summed E-state index contributed by atoms with van der Waals surface area (Å²) in [7, 11) is 0. The molecular formula is C60H112O7. The highest BCUT2D eigenvalue weighted by atomic mass is 16.6. The van der Waals surface area contributed by atoms with Gasteiger partial charge in [0.25, 0.3) is 0 Å². The minimum atomic E-state index is -0.0829. The van der Waals surface area contributed by atoms with Crippen LogP contribution in [0.15, 0.2) is 23.8 Å². The Labute approximate surface area is 416 Å². The number of esters is 2. The smallest absolute Gasteiger partial charge is 0.306 e. The number of rotatable bonds is 53. The van der Waals surface area contributed by atoms with Gasteiger partial charge < -0.3 is 23.7 Å². The third-order valence-corrected chi connectivity index (χ3v) is 13.6. The molecule has 7 heteroatoms. The Morgan fingerprint density at radius 3 is 1.21 bits per heavy atom. The van der Waals surface area contributed by atoms with E-state index < -0.39 is 0 Å². The van der Waals surface area contributed by atoms with Crippen molar-refractivity contribution in [2.24, 2.45) is 0 Å². The average Bonchev–Trinajstić information content (AvgIpc) is 3.33. The zero-order valence-corrected chi connectivity index (χ0v) is 45.1. The summed E-state index contributed by atoms with van der Waals surface area (Å²) >= 11 is 0. The van der Waals surface area contributed by atoms with Gasteiger partial charge in [0.2, 0.25) is 0 Å². The van der Waals surface area contributed by atoms with Crippen LogP contribution in [0.2, 0.25) is 0 Å². The molecule has 0 saturated carbocycles. The molecule has 0 saturated heterocycles. The summed E-state index contributed by atoms with van der Waals surface area (Å²) in [6.45, 7) is 12.2. The van der Waals surface area contributed by atoms with Crippen molar-refractivity contribution in [2.45, 2.75) is 316 Å². The lowest BCUT2D eigenvalue weighted by molar-refractivity contribution is -0.151. The minimum absolute atomic E-state index is 0.00525. The standard InChI is InChI=1S/C60H112O7/c1-5-9-13-17-23-34-44-56(45-35-24-18-14-10-6-2)66-59(61)48-38-27-21-29-40-50-63-53-58(54-64-52-55-42-32-31-33-43-55)65-51-41-30-22-28-39-49-60(62)67-57(46-36-25-19-15-11-7-3)47-37-26-20-16-12-8-4/h32,42-43,56-58H,5-31,33-41,44-54H2,1-4H3. The first-order valence-electron chi connectivity index (χ1n) is 29.5. The van der Waals surface area contributed by atoms with Gasteiger partial charge in [-0.2, -0.15) is 0 Å². The molecule has 1 aliphatic rings. The van der Waals surface area contributed by atoms with E-state index in [-0.39, 0.29) is 30.3 Å². The SMILES string of the molecule is CCCCCCCCC(CCCCCCCC)OC(=O)CCCCCCCOCC(COCC1=CCCC=C1)OCCCCCCCC(=O)OC(CCCCCCCC)CCCCCCCC. The zero-order chi connectivity index (χ0) is 48.4. The van der Waals surface area contributed by atoms with E-state index in [1.165, 1.54) is 160 Å². The second-order valence-electron chi connectivity index (χ2n) is 20.3. The van der Waals surface area contributed by atoms with Crippen molar-refractivity contribution >= 4 is 11.9 Å². The van der Waals surface area contributed by atoms with E-state index in [9.17, 15) is 9.59 Å². The number of hydrogen-bond donors (Lipinski definition) is 0. The van der Waals surface area contributed by atoms with E-state index in [4.69, 9.17) is 23.7 Å². The average molecular weight is 946 g/mol. The van der Waals surface area contributed by atoms with Crippen molar-refractivity contribution in [2.75, 3.05) is 33.0 Å². The van der Waals surface area contributed by atoms with E-state index >= 15 is 0 Å². The lowest BCUT2D eigenvalue weighted by Crippen LogP contribution is -2.27. The minimum Gasteiger partial charge on any atom is -0.462 e. The molecule has 1 aliphatic carbocycles. The number of carbonyl (C=O) groups excluding carboxylic acids is 2. The maximum Gasteiger partial charge on any atom is 0.306 e. The van der Waals surface area contributed by atoms with Gasteiger partial charge in [0.15, 0.2) is 0 Å². The molecule has 394 valence electrons. The lowest BCUT2D eigenvalue weighted by atomic mass is 10.0. The van der Waals surface area contributed by atoms with Crippen molar-refractivity contribution in [3.8, 4) is 0 Å². The van der Waals surface area contributed by atoms with Crippen LogP contribution < -0.4 is 0 Å². The second-order valence-corrected chi connectivity index (χ2v) is 20.3. The predicted octanol–water partition coefficient (Wildman–Crippen LogP) is 18.2. The first-order chi connectivity index (χ1) is 33.0. The van der Waals surface area contributed by atoms with E-state index in [1.807, 2.05) is 0 Å². The number of unbranched alkanes of at least 4 members (excludes halogenated alkanes) is 28. The quantitative estimate of drug-likeness (QED) is 0.0444. The zero-order valence-electron chi connectivity index (χ0n) is 45.1. The van der Waals surface area contributed by atoms with Crippen molar-refractivity contribution < 1.29 is 33.3 Å². The molecule has 0 aromatic rings. The Balaban J connectivity index is 2.33. The fraction of sp³-hybridized carbons (Fsp3) is 0.900. The largest absolute Gasteiger partial charge is 0.462 e. The van der Waals surface area contributed by atoms with Gasteiger partial charge >= 0.3 is 11.9 Å². The molecule has 1 unspecified atom stereocenters. The molecular weight excluding hydrogens is 833 g/mol. The highest BCUT2D eigenvalue weighted by Crippen LogP contribution is 2.21. The predicted molar refractivity (Wildman–Crippen MR) is 285 cm³/mol. The molecule has 0 aromatic heterocycles. The molecule has 0 aliphatic heterocycles. The molecule has 1 atom stereocenters. The third kappa shape index (κ3) is 44.0. The van der Waals surface area contributed by atoms with Crippen LogP contribution in [0.5, 0.6) is 0 Å². The van der Waals surface area contributed by atoms with E-state index in [0.717, 1.165) is 109 Å². The van der Waals surface area contributed by atoms with Crippen LogP contribution >= 0.6 is 0 Å². The van der Waals surface area contributed by atoms with Crippen molar-refractivity contribution in [3.05, 3.63) is 23.8 Å². The summed E-state index contributed by atoms with van der Waals surface area (Å²) in [5, 5.41) is 0. The monoisotopic (exact) mass is 945 g/mol. The van der Waals surface area contributed by atoms with Crippen LogP contribution in [-0.4, -0.2) is 63.3 Å². The molecule has 0 spiro atoms. The van der Waals surface area contributed by atoms with Crippen LogP contribution in [-0.2, 0) is 33.3 Å². The normalized spacial score (nSPS) is 13.2. The van der Waals surface area contributed by atoms with Gasteiger partial charge in [-0.3, -0.25) is 9.59 Å². The van der Waals surface area contributed by atoms with Crippen molar-refractivity contribution in [1.29, 1.82) is 0 Å². The molecule has 0 bridgehead atoms. The van der Waals surface area contributed by atoms with Crippen LogP contribution in [0.25, 0.3) is 0 Å². The summed E-state index contributed by atoms with van der Waals surface area (Å²) in [6, 6.07) is 0. The molecule has 0 aromatic carbocycles. The molecule has 0 heterocycles. The Hall–Kier alpha value is -1.70. The van der Waals surface area contributed by atoms with Crippen LogP contribution in [0.3, 0.4) is 0 Å². The number of hydrogen-bond acceptors (Lipinski definition) is 7. The fourth-order valence-corrected chi connectivity index (χ4v) is 9.22. The van der Waals surface area contributed by atoms with E-state index in [0.29, 0.717) is 39.3 Å². The van der Waals surface area contributed by atoms with Gasteiger partial charge in [0.05, 0.1) is 19.8 Å². The summed E-state index contributed by atoms with van der Waals surface area (Å²) in [4.78, 5) is 25.7. The highest BCUT2D eigenvalue weighted by Gasteiger charge is 2.16. The topological polar surface area (TPSA) is 80.3 Å². The molecule has 0 radical (unpaired) electrons. The number of allylic oxidation sites excluding steroid dienone is 2. The first-order valence-corrected chi connectivity index (χ1v) is 29.5. The van der Waals surface area contributed by atoms with Crippen molar-refractivity contribution in [3.63, 3.8) is 0 Å². The van der Waals surface area contributed by atoms with E-state index in [1.54, 1.807) is 0 Å². The first kappa shape index (κ1) is 63.3. The fourth-order valence-electron chi connectivity index (χ4n) is 9.22. The Morgan fingerprint density at radius 1 is 0.418 bits per heavy atom. The number of carbonyl (C=O) groups is 2. The van der Waals surface area contributed by atoms with Gasteiger partial charge in [-0.25, -0.2) is 0 Å². The molecule has 0 N–H and O–H groups in total. The Kier molecular flexibility index (Phi) is 47.9. The third-order valence-electron chi connectivity index (χ3n) is 13.6. The molecule has 1 rings (SSSR count). The summed E-state index contributed by atoms with van der Waals surface area (Å²) in [6.07, 6.45) is 55.2. The maximum absolute atomic E-state index is 12.8. The van der Waals surface area contributed by atoms with E-state index in [2.05, 4.69) is 45.9 Å². The highest BCUT2D eigenvalue weighted by molar-refractivity contribution is 5.69. The molecule has 7 nitrogen and oxygen atoms in total. The van der Waals surface area contributed by atoms with Crippen LogP contribution in [0.1, 0.15) is 297 Å². The second kappa shape index (κ2) is 50.7. The number of ether oxygens (including phenoxy) is 5. The summed E-state index contributed by atoms with van der Waals surface area (Å²) in [5.41, 5.74) is 1.25. The lowest BCUT2D eigenvalue weighted by Gasteiger charge is -2.19. The van der Waals surface area contributed by atoms with Gasteiger partial charge in [0, 0.05) is 26.1 Å².